The highest BCUT2D eigenvalue weighted by molar-refractivity contribution is 5.76. The number of amides is 2. The van der Waals surface area contributed by atoms with Crippen LogP contribution >= 0.6 is 0 Å². The Hall–Kier alpha value is -2.08. The zero-order chi connectivity index (χ0) is 26.7. The fraction of sp³-hybridized carbons (Fsp3) is 0.733. The second kappa shape index (κ2) is 19.1. The minimum atomic E-state index is -0.291. The normalized spacial score (nSPS) is 12.2. The van der Waals surface area contributed by atoms with E-state index in [1.165, 1.54) is 64.2 Å². The standard InChI is InChI=1S/C30H53N3O3/c1-6-7-8-9-10-11-12-13-14-15-16-20-23-32(2)30(35)31-28(25-33(3,4)5)24-29(34)36-26-27-21-18-17-19-22-27/h17-19,21-22,28H,6-16,20,23-26H2,1-5H3/p+1. The van der Waals surface area contributed by atoms with Gasteiger partial charge >= 0.3 is 12.0 Å². The summed E-state index contributed by atoms with van der Waals surface area (Å²) in [6.07, 6.45) is 15.8. The molecule has 1 rings (SSSR count). The summed E-state index contributed by atoms with van der Waals surface area (Å²) < 4.78 is 6.11. The molecule has 206 valence electrons. The number of carbonyl (C=O) groups is 2. The van der Waals surface area contributed by atoms with Gasteiger partial charge in [0.2, 0.25) is 0 Å². The highest BCUT2D eigenvalue weighted by Gasteiger charge is 2.25. The summed E-state index contributed by atoms with van der Waals surface area (Å²) in [6, 6.07) is 9.27. The van der Waals surface area contributed by atoms with Gasteiger partial charge < -0.3 is 19.4 Å². The van der Waals surface area contributed by atoms with E-state index in [4.69, 9.17) is 4.74 Å². The largest absolute Gasteiger partial charge is 0.461 e. The number of hydrogen-bond acceptors (Lipinski definition) is 3. The van der Waals surface area contributed by atoms with Crippen LogP contribution in [0.3, 0.4) is 0 Å². The van der Waals surface area contributed by atoms with Gasteiger partial charge in [0.05, 0.1) is 40.2 Å². The van der Waals surface area contributed by atoms with Gasteiger partial charge in [-0.05, 0) is 12.0 Å². The van der Waals surface area contributed by atoms with Gasteiger partial charge in [0, 0.05) is 13.6 Å². The predicted molar refractivity (Wildman–Crippen MR) is 150 cm³/mol. The Morgan fingerprint density at radius 1 is 0.861 bits per heavy atom. The molecule has 1 aromatic carbocycles. The third kappa shape index (κ3) is 17.4. The second-order valence-corrected chi connectivity index (χ2v) is 11.3. The average molecular weight is 505 g/mol. The van der Waals surface area contributed by atoms with Crippen molar-refractivity contribution in [3.05, 3.63) is 35.9 Å². The molecule has 1 N–H and O–H groups in total. The maximum absolute atomic E-state index is 12.8. The monoisotopic (exact) mass is 504 g/mol. The topological polar surface area (TPSA) is 58.6 Å². The first kappa shape index (κ1) is 31.9. The van der Waals surface area contributed by atoms with Crippen LogP contribution in [0.25, 0.3) is 0 Å². The molecule has 1 atom stereocenters. The van der Waals surface area contributed by atoms with Crippen LogP contribution in [-0.4, -0.2) is 68.7 Å². The van der Waals surface area contributed by atoms with Gasteiger partial charge in [0.1, 0.15) is 6.61 Å². The van der Waals surface area contributed by atoms with Crippen LogP contribution in [-0.2, 0) is 16.1 Å². The summed E-state index contributed by atoms with van der Waals surface area (Å²) in [7, 11) is 8.02. The first-order valence-electron chi connectivity index (χ1n) is 14.2. The average Bonchev–Trinajstić information content (AvgIpc) is 2.82. The van der Waals surface area contributed by atoms with Gasteiger partial charge in [-0.15, -0.1) is 0 Å². The lowest BCUT2D eigenvalue weighted by Crippen LogP contribution is -2.52. The summed E-state index contributed by atoms with van der Waals surface area (Å²) in [4.78, 5) is 27.0. The van der Waals surface area contributed by atoms with E-state index in [0.29, 0.717) is 11.0 Å². The molecule has 1 unspecified atom stereocenters. The van der Waals surface area contributed by atoms with Crippen molar-refractivity contribution < 1.29 is 18.8 Å². The molecule has 0 bridgehead atoms. The third-order valence-electron chi connectivity index (χ3n) is 6.45. The van der Waals surface area contributed by atoms with Crippen molar-refractivity contribution in [3.63, 3.8) is 0 Å². The molecule has 2 amide bonds. The summed E-state index contributed by atoms with van der Waals surface area (Å²) >= 11 is 0. The quantitative estimate of drug-likeness (QED) is 0.125. The van der Waals surface area contributed by atoms with Gasteiger partial charge in [-0.3, -0.25) is 4.79 Å². The molecule has 1 aromatic rings. The van der Waals surface area contributed by atoms with Gasteiger partial charge in [-0.1, -0.05) is 108 Å². The lowest BCUT2D eigenvalue weighted by Gasteiger charge is -2.30. The number of carbonyl (C=O) groups excluding carboxylic acids is 2. The lowest BCUT2D eigenvalue weighted by atomic mass is 10.1. The fourth-order valence-electron chi connectivity index (χ4n) is 4.40. The van der Waals surface area contributed by atoms with Gasteiger partial charge in [-0.25, -0.2) is 4.79 Å². The minimum absolute atomic E-state index is 0.118. The van der Waals surface area contributed by atoms with Crippen LogP contribution in [0.4, 0.5) is 4.79 Å². The molecule has 0 aliphatic carbocycles. The number of urea groups is 1. The first-order valence-corrected chi connectivity index (χ1v) is 14.2. The summed E-state index contributed by atoms with van der Waals surface area (Å²) in [6.45, 7) is 3.90. The van der Waals surface area contributed by atoms with Crippen molar-refractivity contribution in [2.45, 2.75) is 103 Å². The lowest BCUT2D eigenvalue weighted by molar-refractivity contribution is -0.871. The Balaban J connectivity index is 2.26. The smallest absolute Gasteiger partial charge is 0.317 e. The van der Waals surface area contributed by atoms with E-state index < -0.39 is 0 Å². The molecule has 6 nitrogen and oxygen atoms in total. The number of hydrogen-bond donors (Lipinski definition) is 1. The molecule has 0 aromatic heterocycles. The van der Waals surface area contributed by atoms with E-state index >= 15 is 0 Å². The molecule has 0 spiro atoms. The van der Waals surface area contributed by atoms with E-state index in [2.05, 4.69) is 33.4 Å². The molecule has 36 heavy (non-hydrogen) atoms. The zero-order valence-corrected chi connectivity index (χ0v) is 23.9. The highest BCUT2D eigenvalue weighted by Crippen LogP contribution is 2.12. The number of esters is 1. The summed E-state index contributed by atoms with van der Waals surface area (Å²) in [5.74, 6) is -0.291. The molecule has 0 saturated carbocycles. The first-order chi connectivity index (χ1) is 17.2. The van der Waals surface area contributed by atoms with Crippen molar-refractivity contribution in [1.29, 1.82) is 0 Å². The van der Waals surface area contributed by atoms with E-state index in [1.54, 1.807) is 4.90 Å². The Morgan fingerprint density at radius 3 is 1.92 bits per heavy atom. The number of benzene rings is 1. The van der Waals surface area contributed by atoms with Gasteiger partial charge in [0.25, 0.3) is 0 Å². The number of rotatable bonds is 20. The zero-order valence-electron chi connectivity index (χ0n) is 23.9. The number of nitrogens with one attached hydrogen (secondary N) is 1. The summed E-state index contributed by atoms with van der Waals surface area (Å²) in [5, 5.41) is 3.07. The summed E-state index contributed by atoms with van der Waals surface area (Å²) in [5.41, 5.74) is 0.959. The third-order valence-corrected chi connectivity index (χ3v) is 6.45. The van der Waals surface area contributed by atoms with E-state index in [0.717, 1.165) is 24.9 Å². The molecule has 0 fully saturated rings. The molecular weight excluding hydrogens is 450 g/mol. The molecule has 0 radical (unpaired) electrons. The van der Waals surface area contributed by atoms with Crippen molar-refractivity contribution in [3.8, 4) is 0 Å². The number of likely N-dealkylation sites (N-methyl/N-ethyl adjacent to an activating group) is 1. The van der Waals surface area contributed by atoms with E-state index in [1.807, 2.05) is 37.4 Å². The maximum atomic E-state index is 12.8. The van der Waals surface area contributed by atoms with Gasteiger partial charge in [-0.2, -0.15) is 0 Å². The number of nitrogens with zero attached hydrogens (tertiary/aromatic N) is 2. The Labute approximate surface area is 221 Å². The van der Waals surface area contributed by atoms with Crippen molar-refractivity contribution >= 4 is 12.0 Å². The molecule has 0 saturated heterocycles. The number of quaternary nitrogens is 1. The van der Waals surface area contributed by atoms with Crippen LogP contribution in [0.1, 0.15) is 96.0 Å². The predicted octanol–water partition coefficient (Wildman–Crippen LogP) is 6.54. The van der Waals surface area contributed by atoms with E-state index in [9.17, 15) is 9.59 Å². The Bertz CT molecular complexity index is 703. The van der Waals surface area contributed by atoms with Crippen LogP contribution in [0.2, 0.25) is 0 Å². The molecule has 0 heterocycles. The van der Waals surface area contributed by atoms with Crippen molar-refractivity contribution in [2.24, 2.45) is 0 Å². The number of unbranched alkanes of at least 4 members (excludes halogenated alkanes) is 11. The van der Waals surface area contributed by atoms with Crippen LogP contribution in [0.15, 0.2) is 30.3 Å². The van der Waals surface area contributed by atoms with E-state index in [-0.39, 0.29) is 31.1 Å². The molecule has 6 heteroatoms. The fourth-order valence-corrected chi connectivity index (χ4v) is 4.40. The van der Waals surface area contributed by atoms with Crippen LogP contribution < -0.4 is 5.32 Å². The minimum Gasteiger partial charge on any atom is -0.461 e. The van der Waals surface area contributed by atoms with Crippen molar-refractivity contribution in [1.82, 2.24) is 10.2 Å². The van der Waals surface area contributed by atoms with Crippen LogP contribution in [0, 0.1) is 0 Å². The second-order valence-electron chi connectivity index (χ2n) is 11.3. The molecular formula is C30H54N3O3+. The molecule has 0 aliphatic heterocycles. The highest BCUT2D eigenvalue weighted by atomic mass is 16.5. The van der Waals surface area contributed by atoms with Gasteiger partial charge in [0.15, 0.2) is 0 Å². The van der Waals surface area contributed by atoms with Crippen LogP contribution in [0.5, 0.6) is 0 Å². The number of ether oxygens (including phenoxy) is 1. The van der Waals surface area contributed by atoms with Crippen molar-refractivity contribution in [2.75, 3.05) is 41.3 Å². The Morgan fingerprint density at radius 2 is 1.39 bits per heavy atom. The maximum Gasteiger partial charge on any atom is 0.317 e. The molecule has 0 aliphatic rings. The SMILES string of the molecule is CCCCCCCCCCCCCCN(C)C(=O)NC(CC(=O)OCc1ccccc1)C[N+](C)(C)C. The Kier molecular flexibility index (Phi) is 16.9.